The average Bonchev–Trinajstić information content (AvgIpc) is 1.88. The summed E-state index contributed by atoms with van der Waals surface area (Å²) in [6.45, 7) is 3.63. The van der Waals surface area contributed by atoms with Crippen LogP contribution in [0.15, 0.2) is 12.3 Å². The fourth-order valence-electron chi connectivity index (χ4n) is 0.737. The minimum Gasteiger partial charge on any atom is -0.497 e. The molecule has 0 amide bonds. The highest BCUT2D eigenvalue weighted by molar-refractivity contribution is 5.90. The molecule has 1 atom stereocenters. The third-order valence-corrected chi connectivity index (χ3v) is 1.28. The van der Waals surface area contributed by atoms with Crippen LogP contribution in [0.4, 0.5) is 0 Å². The van der Waals surface area contributed by atoms with Gasteiger partial charge in [-0.15, -0.1) is 0 Å². The summed E-state index contributed by atoms with van der Waals surface area (Å²) >= 11 is 0. The Hall–Kier alpha value is -0.790. The van der Waals surface area contributed by atoms with Crippen LogP contribution in [0.2, 0.25) is 0 Å². The Labute approximate surface area is 54.5 Å². The van der Waals surface area contributed by atoms with Crippen molar-refractivity contribution in [2.75, 3.05) is 0 Å². The Kier molecular flexibility index (Phi) is 1.88. The fraction of sp³-hybridized carbons (Fsp3) is 0.429. The van der Waals surface area contributed by atoms with Crippen molar-refractivity contribution < 1.29 is 9.53 Å². The van der Waals surface area contributed by atoms with Crippen LogP contribution in [0.25, 0.3) is 0 Å². The Morgan fingerprint density at radius 1 is 1.89 bits per heavy atom. The van der Waals surface area contributed by atoms with Crippen LogP contribution < -0.4 is 0 Å². The monoisotopic (exact) mass is 125 g/mol. The Balaban J connectivity index is 2.47. The fourth-order valence-corrected chi connectivity index (χ4v) is 0.737. The molecular weight excluding hydrogens is 116 g/mol. The molecule has 1 radical (unpaired) electrons. The van der Waals surface area contributed by atoms with E-state index in [2.05, 4.69) is 6.92 Å². The summed E-state index contributed by atoms with van der Waals surface area (Å²) in [7, 11) is 0. The average molecular weight is 125 g/mol. The molecule has 1 rings (SSSR count). The van der Waals surface area contributed by atoms with Crippen LogP contribution in [-0.4, -0.2) is 11.9 Å². The summed E-state index contributed by atoms with van der Waals surface area (Å²) in [6, 6.07) is 0. The van der Waals surface area contributed by atoms with E-state index in [9.17, 15) is 4.79 Å². The van der Waals surface area contributed by atoms with Gasteiger partial charge in [-0.3, -0.25) is 4.79 Å². The maximum Gasteiger partial charge on any atom is 0.162 e. The zero-order chi connectivity index (χ0) is 6.69. The molecule has 2 heteroatoms. The molecule has 1 aliphatic rings. The van der Waals surface area contributed by atoms with E-state index in [0.29, 0.717) is 12.8 Å². The Morgan fingerprint density at radius 3 is 3.11 bits per heavy atom. The van der Waals surface area contributed by atoms with Gasteiger partial charge in [0.15, 0.2) is 5.78 Å². The summed E-state index contributed by atoms with van der Waals surface area (Å²) in [4.78, 5) is 10.6. The molecule has 0 bridgehead atoms. The highest BCUT2D eigenvalue weighted by Gasteiger charge is 2.13. The molecule has 0 fully saturated rings. The van der Waals surface area contributed by atoms with E-state index in [1.54, 1.807) is 0 Å². The second-order valence-corrected chi connectivity index (χ2v) is 2.02. The van der Waals surface area contributed by atoms with Gasteiger partial charge in [-0.05, 0) is 13.3 Å². The normalized spacial score (nSPS) is 25.9. The number of hydrogen-bond acceptors (Lipinski definition) is 2. The topological polar surface area (TPSA) is 26.3 Å². The second-order valence-electron chi connectivity index (χ2n) is 2.02. The van der Waals surface area contributed by atoms with E-state index in [0.717, 1.165) is 0 Å². The molecule has 0 aliphatic carbocycles. The third kappa shape index (κ3) is 1.56. The lowest BCUT2D eigenvalue weighted by atomic mass is 10.1. The lowest BCUT2D eigenvalue weighted by molar-refractivity contribution is -0.117. The van der Waals surface area contributed by atoms with E-state index in [-0.39, 0.29) is 11.9 Å². The summed E-state index contributed by atoms with van der Waals surface area (Å²) in [5.41, 5.74) is 0. The molecule has 0 aromatic heterocycles. The van der Waals surface area contributed by atoms with Gasteiger partial charge < -0.3 is 4.74 Å². The molecule has 1 aliphatic heterocycles. The first-order valence-corrected chi connectivity index (χ1v) is 2.97. The van der Waals surface area contributed by atoms with Gasteiger partial charge in [-0.1, -0.05) is 0 Å². The molecule has 2 nitrogen and oxygen atoms in total. The van der Waals surface area contributed by atoms with E-state index in [1.807, 2.05) is 0 Å². The van der Waals surface area contributed by atoms with Crippen molar-refractivity contribution >= 4 is 5.78 Å². The van der Waals surface area contributed by atoms with Gasteiger partial charge in [-0.2, -0.15) is 0 Å². The van der Waals surface area contributed by atoms with Gasteiger partial charge in [0.2, 0.25) is 0 Å². The number of carbonyl (C=O) groups is 1. The number of rotatable bonds is 1. The second kappa shape index (κ2) is 2.67. The maximum atomic E-state index is 10.6. The number of ether oxygens (including phenoxy) is 1. The van der Waals surface area contributed by atoms with Crippen molar-refractivity contribution in [1.82, 2.24) is 0 Å². The first-order valence-electron chi connectivity index (χ1n) is 2.97. The van der Waals surface area contributed by atoms with Crippen LogP contribution in [-0.2, 0) is 9.53 Å². The lowest BCUT2D eigenvalue weighted by Gasteiger charge is -2.15. The largest absolute Gasteiger partial charge is 0.497 e. The number of ketones is 1. The number of carbonyl (C=O) groups excluding carboxylic acids is 1. The van der Waals surface area contributed by atoms with Crippen molar-refractivity contribution in [1.29, 1.82) is 0 Å². The molecule has 1 unspecified atom stereocenters. The van der Waals surface area contributed by atoms with Gasteiger partial charge in [0, 0.05) is 12.5 Å². The SMILES string of the molecule is [CH2]CC1CC(=O)C=CO1. The summed E-state index contributed by atoms with van der Waals surface area (Å²) in [5, 5.41) is 0. The molecule has 0 N–H and O–H groups in total. The van der Waals surface area contributed by atoms with Gasteiger partial charge in [0.1, 0.15) is 6.10 Å². The number of hydrogen-bond donors (Lipinski definition) is 0. The smallest absolute Gasteiger partial charge is 0.162 e. The molecule has 1 heterocycles. The van der Waals surface area contributed by atoms with Gasteiger partial charge >= 0.3 is 0 Å². The zero-order valence-corrected chi connectivity index (χ0v) is 5.17. The zero-order valence-electron chi connectivity index (χ0n) is 5.17. The molecule has 0 saturated heterocycles. The standard InChI is InChI=1S/C7H9O2/c1-2-7-5-6(8)3-4-9-7/h3-4,7H,1-2,5H2. The van der Waals surface area contributed by atoms with E-state index >= 15 is 0 Å². The van der Waals surface area contributed by atoms with Crippen molar-refractivity contribution in [3.8, 4) is 0 Å². The molecule has 0 aromatic carbocycles. The molecular formula is C7H9O2. The minimum absolute atomic E-state index is 0.0162. The maximum absolute atomic E-state index is 10.6. The summed E-state index contributed by atoms with van der Waals surface area (Å²) < 4.78 is 5.03. The first kappa shape index (κ1) is 6.33. The highest BCUT2D eigenvalue weighted by Crippen LogP contribution is 2.09. The van der Waals surface area contributed by atoms with Crippen molar-refractivity contribution in [3.05, 3.63) is 19.3 Å². The number of allylic oxidation sites excluding steroid dienone is 1. The quantitative estimate of drug-likeness (QED) is 0.524. The predicted molar refractivity (Wildman–Crippen MR) is 33.6 cm³/mol. The summed E-state index contributed by atoms with van der Waals surface area (Å²) in [5.74, 6) is 0.134. The highest BCUT2D eigenvalue weighted by atomic mass is 16.5. The summed E-state index contributed by atoms with van der Waals surface area (Å²) in [6.07, 6.45) is 4.06. The molecule has 0 aromatic rings. The van der Waals surface area contributed by atoms with Crippen molar-refractivity contribution in [2.24, 2.45) is 0 Å². The molecule has 0 spiro atoms. The third-order valence-electron chi connectivity index (χ3n) is 1.28. The van der Waals surface area contributed by atoms with Crippen LogP contribution >= 0.6 is 0 Å². The molecule has 9 heavy (non-hydrogen) atoms. The Bertz CT molecular complexity index is 138. The van der Waals surface area contributed by atoms with Crippen LogP contribution in [0, 0.1) is 6.92 Å². The van der Waals surface area contributed by atoms with Gasteiger partial charge in [0.05, 0.1) is 6.26 Å². The van der Waals surface area contributed by atoms with Crippen LogP contribution in [0.5, 0.6) is 0 Å². The van der Waals surface area contributed by atoms with Crippen LogP contribution in [0.1, 0.15) is 12.8 Å². The van der Waals surface area contributed by atoms with Crippen LogP contribution in [0.3, 0.4) is 0 Å². The van der Waals surface area contributed by atoms with E-state index < -0.39 is 0 Å². The van der Waals surface area contributed by atoms with Crippen molar-refractivity contribution in [2.45, 2.75) is 18.9 Å². The predicted octanol–water partition coefficient (Wildman–Crippen LogP) is 1.08. The van der Waals surface area contributed by atoms with E-state index in [4.69, 9.17) is 4.74 Å². The molecule has 0 saturated carbocycles. The first-order chi connectivity index (χ1) is 4.33. The van der Waals surface area contributed by atoms with Gasteiger partial charge in [-0.25, -0.2) is 0 Å². The van der Waals surface area contributed by atoms with Gasteiger partial charge in [0.25, 0.3) is 0 Å². The Morgan fingerprint density at radius 2 is 2.67 bits per heavy atom. The van der Waals surface area contributed by atoms with Crippen molar-refractivity contribution in [3.63, 3.8) is 0 Å². The lowest BCUT2D eigenvalue weighted by Crippen LogP contribution is -2.17. The van der Waals surface area contributed by atoms with E-state index in [1.165, 1.54) is 12.3 Å². The minimum atomic E-state index is 0.0162. The molecule has 49 valence electrons.